The number of rotatable bonds is 5. The Kier molecular flexibility index (Phi) is 6.04. The molecule has 1 aliphatic heterocycles. The Hall–Kier alpha value is -2.81. The quantitative estimate of drug-likeness (QED) is 0.660. The Bertz CT molecular complexity index is 1230. The maximum atomic E-state index is 12.9. The van der Waals surface area contributed by atoms with Gasteiger partial charge in [0.25, 0.3) is 0 Å². The Morgan fingerprint density at radius 2 is 1.84 bits per heavy atom. The van der Waals surface area contributed by atoms with Crippen molar-refractivity contribution in [3.63, 3.8) is 0 Å². The van der Waals surface area contributed by atoms with Crippen LogP contribution in [-0.2, 0) is 26.0 Å². The second-order valence-electron chi connectivity index (χ2n) is 7.59. The Morgan fingerprint density at radius 1 is 1.10 bits per heavy atom. The number of aromatic nitrogens is 1. The number of carbonyl (C=O) groups excluding carboxylic acids is 1. The lowest BCUT2D eigenvalue weighted by Crippen LogP contribution is -2.40. The molecule has 162 valence electrons. The fourth-order valence-electron chi connectivity index (χ4n) is 3.87. The van der Waals surface area contributed by atoms with Gasteiger partial charge in [0.1, 0.15) is 0 Å². The van der Waals surface area contributed by atoms with Gasteiger partial charge in [-0.3, -0.25) is 9.78 Å². The SMILES string of the molecule is Cc1nc2ccccc2c(C)c1CC(=O)Nc1cccc(S(=O)(=O)N2CCOCC2)c1. The molecular weight excluding hydrogens is 414 g/mol. The molecule has 1 fully saturated rings. The van der Waals surface area contributed by atoms with Crippen LogP contribution >= 0.6 is 0 Å². The van der Waals surface area contributed by atoms with E-state index < -0.39 is 10.0 Å². The summed E-state index contributed by atoms with van der Waals surface area (Å²) in [6.07, 6.45) is 0.163. The molecule has 7 nitrogen and oxygen atoms in total. The summed E-state index contributed by atoms with van der Waals surface area (Å²) < 4.78 is 32.4. The number of sulfonamides is 1. The number of nitrogens with zero attached hydrogens (tertiary/aromatic N) is 2. The van der Waals surface area contributed by atoms with Crippen molar-refractivity contribution in [3.05, 3.63) is 65.4 Å². The van der Waals surface area contributed by atoms with Crippen molar-refractivity contribution in [3.8, 4) is 0 Å². The van der Waals surface area contributed by atoms with Crippen LogP contribution in [0, 0.1) is 13.8 Å². The largest absolute Gasteiger partial charge is 0.379 e. The highest BCUT2D eigenvalue weighted by atomic mass is 32.2. The second-order valence-corrected chi connectivity index (χ2v) is 9.53. The number of morpholine rings is 1. The van der Waals surface area contributed by atoms with E-state index in [1.165, 1.54) is 10.4 Å². The molecule has 1 aromatic heterocycles. The minimum absolute atomic E-state index is 0.159. The summed E-state index contributed by atoms with van der Waals surface area (Å²) in [5.41, 5.74) is 4.08. The summed E-state index contributed by atoms with van der Waals surface area (Å²) in [5.74, 6) is -0.218. The van der Waals surface area contributed by atoms with Gasteiger partial charge >= 0.3 is 0 Å². The Balaban J connectivity index is 1.53. The monoisotopic (exact) mass is 439 g/mol. The van der Waals surface area contributed by atoms with Crippen LogP contribution in [0.4, 0.5) is 5.69 Å². The Labute approximate surface area is 182 Å². The summed E-state index contributed by atoms with van der Waals surface area (Å²) in [6.45, 7) is 5.31. The van der Waals surface area contributed by atoms with Gasteiger partial charge < -0.3 is 10.1 Å². The number of ether oxygens (including phenoxy) is 1. The number of fused-ring (bicyclic) bond motifs is 1. The van der Waals surface area contributed by atoms with E-state index in [2.05, 4.69) is 10.3 Å². The molecule has 31 heavy (non-hydrogen) atoms. The summed E-state index contributed by atoms with van der Waals surface area (Å²) in [6, 6.07) is 14.2. The summed E-state index contributed by atoms with van der Waals surface area (Å²) in [7, 11) is -3.62. The van der Waals surface area contributed by atoms with E-state index in [1.54, 1.807) is 18.2 Å². The highest BCUT2D eigenvalue weighted by molar-refractivity contribution is 7.89. The molecule has 2 aromatic carbocycles. The average molecular weight is 440 g/mol. The van der Waals surface area contributed by atoms with Crippen molar-refractivity contribution >= 4 is 32.5 Å². The number of amides is 1. The first-order chi connectivity index (χ1) is 14.9. The molecule has 1 aliphatic rings. The predicted molar refractivity (Wildman–Crippen MR) is 120 cm³/mol. The fourth-order valence-corrected chi connectivity index (χ4v) is 5.32. The van der Waals surface area contributed by atoms with E-state index in [9.17, 15) is 13.2 Å². The van der Waals surface area contributed by atoms with Crippen molar-refractivity contribution in [1.29, 1.82) is 0 Å². The molecule has 0 aliphatic carbocycles. The third-order valence-corrected chi connectivity index (χ3v) is 7.44. The standard InChI is InChI=1S/C23H25N3O4S/c1-16-20-8-3-4-9-22(20)24-17(2)21(16)15-23(27)25-18-6-5-7-19(14-18)31(28,29)26-10-12-30-13-11-26/h3-9,14H,10-13,15H2,1-2H3,(H,25,27). The number of para-hydroxylation sites is 1. The lowest BCUT2D eigenvalue weighted by molar-refractivity contribution is -0.115. The minimum atomic E-state index is -3.62. The summed E-state index contributed by atoms with van der Waals surface area (Å²) >= 11 is 0. The molecule has 0 unspecified atom stereocenters. The zero-order valence-corrected chi connectivity index (χ0v) is 18.4. The minimum Gasteiger partial charge on any atom is -0.379 e. The lowest BCUT2D eigenvalue weighted by Gasteiger charge is -2.26. The van der Waals surface area contributed by atoms with Crippen molar-refractivity contribution in [2.24, 2.45) is 0 Å². The number of hydrogen-bond donors (Lipinski definition) is 1. The molecule has 1 saturated heterocycles. The third-order valence-electron chi connectivity index (χ3n) is 5.55. The van der Waals surface area contributed by atoms with Gasteiger partial charge in [-0.25, -0.2) is 8.42 Å². The number of anilines is 1. The topological polar surface area (TPSA) is 88.6 Å². The van der Waals surface area contributed by atoms with Crippen LogP contribution in [0.3, 0.4) is 0 Å². The molecule has 3 aromatic rings. The van der Waals surface area contributed by atoms with Crippen LogP contribution < -0.4 is 5.32 Å². The zero-order valence-electron chi connectivity index (χ0n) is 17.6. The predicted octanol–water partition coefficient (Wildman–Crippen LogP) is 3.05. The first kappa shape index (κ1) is 21.4. The van der Waals surface area contributed by atoms with Gasteiger partial charge in [-0.05, 0) is 49.2 Å². The molecule has 0 spiro atoms. The van der Waals surface area contributed by atoms with Crippen molar-refractivity contribution in [2.45, 2.75) is 25.2 Å². The first-order valence-electron chi connectivity index (χ1n) is 10.2. The van der Waals surface area contributed by atoms with Gasteiger partial charge in [-0.1, -0.05) is 24.3 Å². The molecule has 1 N–H and O–H groups in total. The van der Waals surface area contributed by atoms with Crippen molar-refractivity contribution in [2.75, 3.05) is 31.6 Å². The van der Waals surface area contributed by atoms with Crippen LogP contribution in [0.15, 0.2) is 53.4 Å². The highest BCUT2D eigenvalue weighted by Crippen LogP contribution is 2.24. The smallest absolute Gasteiger partial charge is 0.243 e. The van der Waals surface area contributed by atoms with E-state index in [4.69, 9.17) is 4.74 Å². The molecule has 0 bridgehead atoms. The number of carbonyl (C=O) groups is 1. The number of benzene rings is 2. The van der Waals surface area contributed by atoms with Crippen molar-refractivity contribution in [1.82, 2.24) is 9.29 Å². The average Bonchev–Trinajstić information content (AvgIpc) is 2.77. The number of aryl methyl sites for hydroxylation is 2. The van der Waals surface area contributed by atoms with Crippen LogP contribution in [-0.4, -0.2) is 49.9 Å². The number of hydrogen-bond acceptors (Lipinski definition) is 5. The van der Waals surface area contributed by atoms with E-state index >= 15 is 0 Å². The highest BCUT2D eigenvalue weighted by Gasteiger charge is 2.26. The second kappa shape index (κ2) is 8.74. The van der Waals surface area contributed by atoms with Gasteiger partial charge in [0, 0.05) is 29.9 Å². The van der Waals surface area contributed by atoms with Crippen LogP contribution in [0.2, 0.25) is 0 Å². The normalized spacial score (nSPS) is 15.2. The zero-order chi connectivity index (χ0) is 22.0. The molecule has 2 heterocycles. The summed E-state index contributed by atoms with van der Waals surface area (Å²) in [5, 5.41) is 3.86. The molecule has 0 saturated carbocycles. The summed E-state index contributed by atoms with van der Waals surface area (Å²) in [4.78, 5) is 17.5. The molecule has 4 rings (SSSR count). The van der Waals surface area contributed by atoms with Crippen LogP contribution in [0.25, 0.3) is 10.9 Å². The van der Waals surface area contributed by atoms with Gasteiger partial charge in [0.05, 0.1) is 30.0 Å². The fraction of sp³-hybridized carbons (Fsp3) is 0.304. The van der Waals surface area contributed by atoms with Gasteiger partial charge in [-0.2, -0.15) is 4.31 Å². The van der Waals surface area contributed by atoms with Gasteiger partial charge in [0.15, 0.2) is 0 Å². The molecular formula is C23H25N3O4S. The molecule has 0 atom stereocenters. The lowest BCUT2D eigenvalue weighted by atomic mass is 9.99. The van der Waals surface area contributed by atoms with Crippen LogP contribution in [0.1, 0.15) is 16.8 Å². The van der Waals surface area contributed by atoms with Crippen molar-refractivity contribution < 1.29 is 17.9 Å². The number of pyridine rings is 1. The maximum absolute atomic E-state index is 12.9. The molecule has 0 radical (unpaired) electrons. The molecule has 1 amide bonds. The van der Waals surface area contributed by atoms with E-state index in [0.29, 0.717) is 32.0 Å². The molecule has 8 heteroatoms. The first-order valence-corrected chi connectivity index (χ1v) is 11.6. The number of nitrogens with one attached hydrogen (secondary N) is 1. The van der Waals surface area contributed by atoms with Gasteiger partial charge in [-0.15, -0.1) is 0 Å². The van der Waals surface area contributed by atoms with Gasteiger partial charge in [0.2, 0.25) is 15.9 Å². The maximum Gasteiger partial charge on any atom is 0.243 e. The van der Waals surface area contributed by atoms with E-state index in [1.807, 2.05) is 38.1 Å². The van der Waals surface area contributed by atoms with Crippen LogP contribution in [0.5, 0.6) is 0 Å². The third kappa shape index (κ3) is 4.46. The Morgan fingerprint density at radius 3 is 2.61 bits per heavy atom. The van der Waals surface area contributed by atoms with E-state index in [0.717, 1.165) is 27.7 Å². The van der Waals surface area contributed by atoms with E-state index in [-0.39, 0.29) is 17.2 Å².